The Kier molecular flexibility index (Phi) is 6.69. The van der Waals surface area contributed by atoms with Crippen LogP contribution < -0.4 is 14.8 Å². The maximum absolute atomic E-state index is 12.8. The third-order valence-electron chi connectivity index (χ3n) is 4.24. The molecule has 3 rings (SSSR count). The van der Waals surface area contributed by atoms with Crippen molar-refractivity contribution >= 4 is 74.3 Å². The predicted molar refractivity (Wildman–Crippen MR) is 119 cm³/mol. The number of hydrogen-bond acceptors (Lipinski definition) is 8. The van der Waals surface area contributed by atoms with Gasteiger partial charge in [-0.25, -0.2) is 0 Å². The zero-order valence-electron chi connectivity index (χ0n) is 15.3. The Bertz CT molecular complexity index is 1040. The molecular formula is C17H19N3O4S4. The third-order valence-corrected chi connectivity index (χ3v) is 8.03. The largest absolute Gasteiger partial charge is 0.480 e. The summed E-state index contributed by atoms with van der Waals surface area (Å²) in [6.45, 7) is 5.78. The number of carboxylic acids is 1. The Labute approximate surface area is 179 Å². The van der Waals surface area contributed by atoms with Crippen molar-refractivity contribution in [3.05, 3.63) is 30.7 Å². The topological polar surface area (TPSA) is 82.8 Å². The number of carboxylic acid groups (broad SMARTS) is 1. The number of aromatic nitrogens is 1. The minimum absolute atomic E-state index is 0.158. The van der Waals surface area contributed by atoms with E-state index in [-0.39, 0.29) is 9.88 Å². The summed E-state index contributed by atoms with van der Waals surface area (Å²) in [5.74, 6) is -0.566. The Hall–Kier alpha value is -1.56. The molecule has 1 aromatic rings. The normalized spacial score (nSPS) is 21.5. The van der Waals surface area contributed by atoms with Gasteiger partial charge >= 0.3 is 5.97 Å². The predicted octanol–water partition coefficient (Wildman–Crippen LogP) is 0.673. The number of thiocarbonyl (C=S) groups is 1. The fraction of sp³-hybridized carbons (Fsp3) is 0.412. The van der Waals surface area contributed by atoms with Crippen molar-refractivity contribution in [1.82, 2.24) is 14.4 Å². The lowest BCUT2D eigenvalue weighted by molar-refractivity contribution is -0.140. The van der Waals surface area contributed by atoms with E-state index in [4.69, 9.17) is 17.3 Å². The molecule has 2 saturated heterocycles. The van der Waals surface area contributed by atoms with E-state index in [0.29, 0.717) is 20.6 Å². The van der Waals surface area contributed by atoms with Crippen molar-refractivity contribution in [2.24, 2.45) is 0 Å². The van der Waals surface area contributed by atoms with E-state index in [1.807, 2.05) is 13.0 Å². The zero-order chi connectivity index (χ0) is 20.4. The number of amides is 1. The molecule has 2 aliphatic rings. The van der Waals surface area contributed by atoms with Gasteiger partial charge < -0.3 is 10.0 Å². The van der Waals surface area contributed by atoms with Crippen LogP contribution in [0.15, 0.2) is 15.9 Å². The summed E-state index contributed by atoms with van der Waals surface area (Å²) in [5.41, 5.74) is -0.158. The minimum Gasteiger partial charge on any atom is -0.480 e. The Morgan fingerprint density at radius 3 is 2.64 bits per heavy atom. The van der Waals surface area contributed by atoms with Crippen LogP contribution in [0.5, 0.6) is 0 Å². The number of rotatable bonds is 5. The van der Waals surface area contributed by atoms with Crippen LogP contribution >= 0.6 is 47.1 Å². The molecule has 0 aliphatic carbocycles. The smallest absolute Gasteiger partial charge is 0.323 e. The summed E-state index contributed by atoms with van der Waals surface area (Å²) in [6.07, 6.45) is 3.75. The van der Waals surface area contributed by atoms with E-state index in [2.05, 4.69) is 11.8 Å². The van der Waals surface area contributed by atoms with Gasteiger partial charge in [-0.05, 0) is 26.0 Å². The molecular weight excluding hydrogens is 438 g/mol. The first-order valence-corrected chi connectivity index (χ1v) is 11.7. The molecule has 3 heterocycles. The number of allylic oxidation sites excluding steroid dienone is 1. The van der Waals surface area contributed by atoms with E-state index in [0.717, 1.165) is 40.5 Å². The van der Waals surface area contributed by atoms with E-state index in [9.17, 15) is 14.4 Å². The SMILES string of the molecule is CCN1CCS/C1=C/C=c1\s/c(=C2\SC(=S)N(CC(=O)O)C2=O)n(CC)c1=O. The highest BCUT2D eigenvalue weighted by Crippen LogP contribution is 2.31. The second kappa shape index (κ2) is 8.85. The van der Waals surface area contributed by atoms with Gasteiger partial charge in [0.15, 0.2) is 0 Å². The highest BCUT2D eigenvalue weighted by atomic mass is 32.2. The number of carbonyl (C=O) groups excluding carboxylic acids is 1. The van der Waals surface area contributed by atoms with Crippen molar-refractivity contribution in [3.8, 4) is 0 Å². The summed E-state index contributed by atoms with van der Waals surface area (Å²) in [7, 11) is 0. The maximum Gasteiger partial charge on any atom is 0.323 e. The minimum atomic E-state index is -1.13. The molecule has 0 bridgehead atoms. The van der Waals surface area contributed by atoms with Gasteiger partial charge in [0.2, 0.25) is 0 Å². The van der Waals surface area contributed by atoms with E-state index >= 15 is 0 Å². The molecule has 0 atom stereocenters. The lowest BCUT2D eigenvalue weighted by Crippen LogP contribution is -2.35. The quantitative estimate of drug-likeness (QED) is 0.647. The van der Waals surface area contributed by atoms with Crippen LogP contribution in [0, 0.1) is 0 Å². The molecule has 11 heteroatoms. The maximum atomic E-state index is 12.8. The molecule has 7 nitrogen and oxygen atoms in total. The molecule has 1 N–H and O–H groups in total. The van der Waals surface area contributed by atoms with E-state index in [1.165, 1.54) is 11.3 Å². The van der Waals surface area contributed by atoms with Gasteiger partial charge in [0.1, 0.15) is 20.4 Å². The van der Waals surface area contributed by atoms with Crippen molar-refractivity contribution in [2.75, 3.05) is 25.4 Å². The molecule has 0 unspecified atom stereocenters. The van der Waals surface area contributed by atoms with Gasteiger partial charge in [0.25, 0.3) is 11.5 Å². The van der Waals surface area contributed by atoms with Crippen LogP contribution in [0.4, 0.5) is 0 Å². The number of aliphatic carboxylic acids is 1. The average molecular weight is 458 g/mol. The lowest BCUT2D eigenvalue weighted by atomic mass is 10.4. The van der Waals surface area contributed by atoms with Gasteiger partial charge in [-0.15, -0.1) is 23.1 Å². The third kappa shape index (κ3) is 4.07. The Morgan fingerprint density at radius 2 is 2.00 bits per heavy atom. The van der Waals surface area contributed by atoms with Crippen molar-refractivity contribution in [3.63, 3.8) is 0 Å². The highest BCUT2D eigenvalue weighted by molar-refractivity contribution is 8.30. The van der Waals surface area contributed by atoms with Crippen molar-refractivity contribution in [1.29, 1.82) is 0 Å². The number of thiazole rings is 1. The molecule has 28 heavy (non-hydrogen) atoms. The van der Waals surface area contributed by atoms with Crippen LogP contribution in [0.1, 0.15) is 13.8 Å². The van der Waals surface area contributed by atoms with E-state index in [1.54, 1.807) is 22.4 Å². The van der Waals surface area contributed by atoms with Crippen LogP contribution in [-0.2, 0) is 16.1 Å². The number of hydrogen-bond donors (Lipinski definition) is 1. The van der Waals surface area contributed by atoms with Gasteiger partial charge in [-0.1, -0.05) is 24.0 Å². The fourth-order valence-corrected chi connectivity index (χ4v) is 6.47. The highest BCUT2D eigenvalue weighted by Gasteiger charge is 2.35. The van der Waals surface area contributed by atoms with Gasteiger partial charge in [-0.2, -0.15) is 0 Å². The van der Waals surface area contributed by atoms with E-state index < -0.39 is 18.4 Å². The summed E-state index contributed by atoms with van der Waals surface area (Å²) in [5, 5.41) is 10.1. The van der Waals surface area contributed by atoms with Gasteiger partial charge in [-0.3, -0.25) is 23.9 Å². The summed E-state index contributed by atoms with van der Waals surface area (Å²) in [4.78, 5) is 40.1. The van der Waals surface area contributed by atoms with Crippen molar-refractivity contribution < 1.29 is 14.7 Å². The van der Waals surface area contributed by atoms with Crippen LogP contribution in [0.25, 0.3) is 11.0 Å². The molecule has 1 amide bonds. The summed E-state index contributed by atoms with van der Waals surface area (Å²) >= 11 is 9.20. The number of nitrogens with zero attached hydrogens (tertiary/aromatic N) is 3. The van der Waals surface area contributed by atoms with Crippen molar-refractivity contribution in [2.45, 2.75) is 20.4 Å². The molecule has 2 fully saturated rings. The molecule has 150 valence electrons. The molecule has 1 aromatic heterocycles. The first-order valence-electron chi connectivity index (χ1n) is 8.66. The zero-order valence-corrected chi connectivity index (χ0v) is 18.6. The fourth-order valence-electron chi connectivity index (χ4n) is 2.86. The standard InChI is InChI=1S/C17H19N3O4S4/c1-3-18-7-8-26-11(18)6-5-10-14(23)19(4-2)16(27-10)13-15(24)20(9-12(21)22)17(25)28-13/h5-6H,3-4,7-9H2,1-2H3,(H,21,22)/b10-5-,11-6+,16-13-. The second-order valence-electron chi connectivity index (χ2n) is 5.90. The van der Waals surface area contributed by atoms with Crippen LogP contribution in [0.3, 0.4) is 0 Å². The molecule has 0 radical (unpaired) electrons. The second-order valence-corrected chi connectivity index (χ2v) is 9.69. The van der Waals surface area contributed by atoms with Crippen LogP contribution in [-0.4, -0.2) is 61.1 Å². The first-order chi connectivity index (χ1) is 13.4. The lowest BCUT2D eigenvalue weighted by Gasteiger charge is -2.14. The van der Waals surface area contributed by atoms with Crippen LogP contribution in [0.2, 0.25) is 0 Å². The van der Waals surface area contributed by atoms with Gasteiger partial charge in [0.05, 0.1) is 9.56 Å². The first kappa shape index (κ1) is 21.2. The molecule has 0 aromatic carbocycles. The van der Waals surface area contributed by atoms with Gasteiger partial charge in [0, 0.05) is 25.4 Å². The number of thioether (sulfide) groups is 2. The summed E-state index contributed by atoms with van der Waals surface area (Å²) in [6, 6.07) is 0. The Morgan fingerprint density at radius 1 is 1.25 bits per heavy atom. The average Bonchev–Trinajstić information content (AvgIpc) is 3.31. The number of carbonyl (C=O) groups is 2. The Balaban J connectivity index is 2.09. The summed E-state index contributed by atoms with van der Waals surface area (Å²) < 4.78 is 2.80. The molecule has 2 aliphatic heterocycles. The molecule has 0 spiro atoms. The monoisotopic (exact) mass is 457 g/mol. The molecule has 0 saturated carbocycles.